The summed E-state index contributed by atoms with van der Waals surface area (Å²) in [6.45, 7) is 6.09. The van der Waals surface area contributed by atoms with Crippen LogP contribution in [0.15, 0.2) is 72.3 Å². The number of anilines is 2. The van der Waals surface area contributed by atoms with Crippen molar-refractivity contribution in [1.82, 2.24) is 0 Å². The summed E-state index contributed by atoms with van der Waals surface area (Å²) in [7, 11) is 0. The van der Waals surface area contributed by atoms with E-state index in [-0.39, 0.29) is 5.57 Å². The molecule has 1 amide bonds. The Labute approximate surface area is 165 Å². The van der Waals surface area contributed by atoms with Crippen molar-refractivity contribution in [2.45, 2.75) is 13.8 Å². The molecule has 4 heteroatoms. The third-order valence-electron chi connectivity index (χ3n) is 4.71. The highest BCUT2D eigenvalue weighted by atomic mass is 16.1. The van der Waals surface area contributed by atoms with Crippen molar-refractivity contribution >= 4 is 34.1 Å². The molecule has 0 heterocycles. The molecule has 1 N–H and O–H groups in total. The predicted octanol–water partition coefficient (Wildman–Crippen LogP) is 5.23. The maximum absolute atomic E-state index is 12.5. The average molecular weight is 369 g/mol. The molecule has 3 rings (SSSR count). The van der Waals surface area contributed by atoms with E-state index in [9.17, 15) is 10.1 Å². The highest BCUT2D eigenvalue weighted by Crippen LogP contribution is 2.20. The number of amides is 1. The van der Waals surface area contributed by atoms with Gasteiger partial charge in [0.25, 0.3) is 5.91 Å². The molecule has 28 heavy (non-hydrogen) atoms. The lowest BCUT2D eigenvalue weighted by Gasteiger charge is -2.20. The van der Waals surface area contributed by atoms with Gasteiger partial charge in [-0.25, -0.2) is 0 Å². The second-order valence-electron chi connectivity index (χ2n) is 6.45. The molecule has 0 aliphatic rings. The number of hydrogen-bond acceptors (Lipinski definition) is 3. The molecule has 3 aromatic carbocycles. The first-order valence-corrected chi connectivity index (χ1v) is 9.41. The van der Waals surface area contributed by atoms with Gasteiger partial charge in [0.1, 0.15) is 11.6 Å². The van der Waals surface area contributed by atoms with Crippen molar-refractivity contribution < 1.29 is 4.79 Å². The summed E-state index contributed by atoms with van der Waals surface area (Å²) < 4.78 is 0. The van der Waals surface area contributed by atoms with Crippen LogP contribution in [0.3, 0.4) is 0 Å². The number of carbonyl (C=O) groups is 1. The van der Waals surface area contributed by atoms with Gasteiger partial charge in [0, 0.05) is 24.5 Å². The lowest BCUT2D eigenvalue weighted by molar-refractivity contribution is -0.112. The van der Waals surface area contributed by atoms with E-state index in [1.54, 1.807) is 6.08 Å². The summed E-state index contributed by atoms with van der Waals surface area (Å²) in [5.41, 5.74) is 2.69. The van der Waals surface area contributed by atoms with Crippen LogP contribution >= 0.6 is 0 Å². The highest BCUT2D eigenvalue weighted by Gasteiger charge is 2.10. The van der Waals surface area contributed by atoms with Crippen LogP contribution in [0, 0.1) is 11.3 Å². The van der Waals surface area contributed by atoms with Gasteiger partial charge in [-0.05, 0) is 60.5 Å². The van der Waals surface area contributed by atoms with Crippen molar-refractivity contribution in [2.24, 2.45) is 0 Å². The largest absolute Gasteiger partial charge is 0.372 e. The van der Waals surface area contributed by atoms with E-state index in [4.69, 9.17) is 0 Å². The lowest BCUT2D eigenvalue weighted by atomic mass is 10.1. The number of nitrogens with one attached hydrogen (secondary N) is 1. The molecule has 0 fully saturated rings. The maximum atomic E-state index is 12.5. The van der Waals surface area contributed by atoms with Gasteiger partial charge in [0.2, 0.25) is 0 Å². The van der Waals surface area contributed by atoms with Crippen molar-refractivity contribution in [3.8, 4) is 6.07 Å². The van der Waals surface area contributed by atoms with Gasteiger partial charge in [-0.15, -0.1) is 0 Å². The molecule has 0 radical (unpaired) electrons. The van der Waals surface area contributed by atoms with Gasteiger partial charge in [-0.3, -0.25) is 4.79 Å². The Balaban J connectivity index is 1.77. The summed E-state index contributed by atoms with van der Waals surface area (Å²) in [6.07, 6.45) is 1.61. The Morgan fingerprint density at radius 1 is 1.00 bits per heavy atom. The van der Waals surface area contributed by atoms with Crippen LogP contribution in [0.25, 0.3) is 16.8 Å². The summed E-state index contributed by atoms with van der Waals surface area (Å²) >= 11 is 0. The molecule has 0 unspecified atom stereocenters. The Kier molecular flexibility index (Phi) is 6.08. The zero-order valence-corrected chi connectivity index (χ0v) is 16.1. The first kappa shape index (κ1) is 19.2. The number of nitrogens with zero attached hydrogens (tertiary/aromatic N) is 2. The Morgan fingerprint density at radius 3 is 2.32 bits per heavy atom. The number of benzene rings is 3. The molecule has 0 aliphatic heterocycles. The fourth-order valence-electron chi connectivity index (χ4n) is 3.15. The fraction of sp³-hybridized carbons (Fsp3) is 0.167. The Bertz CT molecular complexity index is 1040. The molecule has 0 saturated carbocycles. The van der Waals surface area contributed by atoms with Gasteiger partial charge in [0.05, 0.1) is 0 Å². The monoisotopic (exact) mass is 369 g/mol. The SMILES string of the molecule is CCN(CC)c1ccc(C=C(C#N)C(=O)Nc2ccc3ccccc3c2)cc1. The molecule has 0 atom stereocenters. The van der Waals surface area contributed by atoms with Crippen LogP contribution in [0.5, 0.6) is 0 Å². The third-order valence-corrected chi connectivity index (χ3v) is 4.71. The Hall–Kier alpha value is -3.58. The van der Waals surface area contributed by atoms with Crippen LogP contribution in [0.1, 0.15) is 19.4 Å². The molecule has 0 bridgehead atoms. The van der Waals surface area contributed by atoms with Crippen LogP contribution in [0.4, 0.5) is 11.4 Å². The normalized spacial score (nSPS) is 11.1. The maximum Gasteiger partial charge on any atom is 0.266 e. The van der Waals surface area contributed by atoms with Gasteiger partial charge < -0.3 is 10.2 Å². The predicted molar refractivity (Wildman–Crippen MR) is 116 cm³/mol. The first-order chi connectivity index (χ1) is 13.6. The van der Waals surface area contributed by atoms with Crippen molar-refractivity contribution in [3.05, 3.63) is 77.9 Å². The molecular formula is C24H23N3O. The number of nitriles is 1. The van der Waals surface area contributed by atoms with E-state index in [1.165, 1.54) is 0 Å². The van der Waals surface area contributed by atoms with E-state index >= 15 is 0 Å². The number of rotatable bonds is 6. The average Bonchev–Trinajstić information content (AvgIpc) is 2.73. The second-order valence-corrected chi connectivity index (χ2v) is 6.45. The van der Waals surface area contributed by atoms with Crippen LogP contribution in [-0.4, -0.2) is 19.0 Å². The summed E-state index contributed by atoms with van der Waals surface area (Å²) in [4.78, 5) is 14.8. The van der Waals surface area contributed by atoms with Gasteiger partial charge in [0.15, 0.2) is 0 Å². The van der Waals surface area contributed by atoms with Crippen LogP contribution in [0.2, 0.25) is 0 Å². The summed E-state index contributed by atoms with van der Waals surface area (Å²) in [6, 6.07) is 23.5. The second kappa shape index (κ2) is 8.88. The number of carbonyl (C=O) groups excluding carboxylic acids is 1. The quantitative estimate of drug-likeness (QED) is 0.478. The minimum absolute atomic E-state index is 0.0729. The van der Waals surface area contributed by atoms with Crippen LogP contribution < -0.4 is 10.2 Å². The van der Waals surface area contributed by atoms with E-state index < -0.39 is 5.91 Å². The van der Waals surface area contributed by atoms with Crippen molar-refractivity contribution in [3.63, 3.8) is 0 Å². The minimum atomic E-state index is -0.411. The zero-order valence-electron chi connectivity index (χ0n) is 16.1. The van der Waals surface area contributed by atoms with E-state index in [1.807, 2.05) is 72.8 Å². The smallest absolute Gasteiger partial charge is 0.266 e. The molecular weight excluding hydrogens is 346 g/mol. The third kappa shape index (κ3) is 4.39. The standard InChI is InChI=1S/C24H23N3O/c1-3-27(4-2)23-13-9-18(10-14-23)15-21(17-25)24(28)26-22-12-11-19-7-5-6-8-20(19)16-22/h5-16H,3-4H2,1-2H3,(H,26,28). The van der Waals surface area contributed by atoms with E-state index in [2.05, 4.69) is 24.1 Å². The van der Waals surface area contributed by atoms with Crippen molar-refractivity contribution in [2.75, 3.05) is 23.3 Å². The van der Waals surface area contributed by atoms with E-state index in [0.29, 0.717) is 5.69 Å². The van der Waals surface area contributed by atoms with Crippen LogP contribution in [-0.2, 0) is 4.79 Å². The fourth-order valence-corrected chi connectivity index (χ4v) is 3.15. The van der Waals surface area contributed by atoms with Crippen molar-refractivity contribution in [1.29, 1.82) is 5.26 Å². The molecule has 4 nitrogen and oxygen atoms in total. The molecule has 0 aliphatic carbocycles. The molecule has 0 spiro atoms. The summed E-state index contributed by atoms with van der Waals surface area (Å²) in [5.74, 6) is -0.411. The van der Waals surface area contributed by atoms with Gasteiger partial charge in [-0.2, -0.15) is 5.26 Å². The highest BCUT2D eigenvalue weighted by molar-refractivity contribution is 6.10. The van der Waals surface area contributed by atoms with Gasteiger partial charge >= 0.3 is 0 Å². The topological polar surface area (TPSA) is 56.1 Å². The number of hydrogen-bond donors (Lipinski definition) is 1. The number of fused-ring (bicyclic) bond motifs is 1. The zero-order chi connectivity index (χ0) is 19.9. The molecule has 140 valence electrons. The first-order valence-electron chi connectivity index (χ1n) is 9.41. The molecule has 0 aromatic heterocycles. The van der Waals surface area contributed by atoms with Gasteiger partial charge in [-0.1, -0.05) is 42.5 Å². The molecule has 0 saturated heterocycles. The molecule has 3 aromatic rings. The van der Waals surface area contributed by atoms with E-state index in [0.717, 1.165) is 35.1 Å². The summed E-state index contributed by atoms with van der Waals surface area (Å²) in [5, 5.41) is 14.4. The minimum Gasteiger partial charge on any atom is -0.372 e. The Morgan fingerprint density at radius 2 is 1.68 bits per heavy atom. The lowest BCUT2D eigenvalue weighted by Crippen LogP contribution is -2.21.